The van der Waals surface area contributed by atoms with Crippen molar-refractivity contribution in [1.82, 2.24) is 9.97 Å². The third-order valence-electron chi connectivity index (χ3n) is 1.96. The zero-order chi connectivity index (χ0) is 13.6. The van der Waals surface area contributed by atoms with E-state index in [4.69, 9.17) is 15.3 Å². The molecule has 1 aromatic rings. The highest BCUT2D eigenvalue weighted by molar-refractivity contribution is 5.54. The Hall–Kier alpha value is -1.77. The summed E-state index contributed by atoms with van der Waals surface area (Å²) in [6.07, 6.45) is -4.11. The fraction of sp³-hybridized carbons (Fsp3) is 0.556. The molecule has 0 spiro atoms. The van der Waals surface area contributed by atoms with E-state index in [-0.39, 0.29) is 30.5 Å². The summed E-state index contributed by atoms with van der Waals surface area (Å²) in [6, 6.07) is 0. The van der Waals surface area contributed by atoms with Gasteiger partial charge in [-0.25, -0.2) is 10.8 Å². The van der Waals surface area contributed by atoms with E-state index in [9.17, 15) is 13.2 Å². The van der Waals surface area contributed by atoms with E-state index in [1.165, 1.54) is 7.11 Å². The first-order valence-electron chi connectivity index (χ1n) is 5.03. The number of hydrogen-bond donors (Lipinski definition) is 2. The monoisotopic (exact) mass is 266 g/mol. The lowest BCUT2D eigenvalue weighted by Gasteiger charge is -2.12. The number of ether oxygens (including phenoxy) is 2. The van der Waals surface area contributed by atoms with Crippen molar-refractivity contribution in [3.8, 4) is 11.6 Å². The van der Waals surface area contributed by atoms with Gasteiger partial charge in [0.15, 0.2) is 5.82 Å². The molecule has 1 heterocycles. The van der Waals surface area contributed by atoms with E-state index in [1.807, 2.05) is 0 Å². The number of hydrazine groups is 1. The van der Waals surface area contributed by atoms with Gasteiger partial charge in [0.2, 0.25) is 5.75 Å². The van der Waals surface area contributed by atoms with Gasteiger partial charge in [0, 0.05) is 6.42 Å². The zero-order valence-electron chi connectivity index (χ0n) is 9.62. The van der Waals surface area contributed by atoms with Crippen molar-refractivity contribution in [1.29, 1.82) is 0 Å². The first-order valence-corrected chi connectivity index (χ1v) is 5.03. The molecule has 18 heavy (non-hydrogen) atoms. The van der Waals surface area contributed by atoms with Gasteiger partial charge < -0.3 is 14.9 Å². The summed E-state index contributed by atoms with van der Waals surface area (Å²) in [5.74, 6) is 5.56. The summed E-state index contributed by atoms with van der Waals surface area (Å²) in [5.41, 5.74) is 2.27. The normalized spacial score (nSPS) is 11.2. The van der Waals surface area contributed by atoms with Crippen molar-refractivity contribution in [3.05, 3.63) is 6.33 Å². The lowest BCUT2D eigenvalue weighted by molar-refractivity contribution is -0.136. The Morgan fingerprint density at radius 1 is 1.39 bits per heavy atom. The lowest BCUT2D eigenvalue weighted by Crippen LogP contribution is -2.13. The summed E-state index contributed by atoms with van der Waals surface area (Å²) < 4.78 is 45.8. The third-order valence-corrected chi connectivity index (χ3v) is 1.96. The highest BCUT2D eigenvalue weighted by Crippen LogP contribution is 2.30. The van der Waals surface area contributed by atoms with Crippen LogP contribution in [0.25, 0.3) is 0 Å². The fourth-order valence-corrected chi connectivity index (χ4v) is 1.19. The minimum atomic E-state index is -4.19. The van der Waals surface area contributed by atoms with Gasteiger partial charge in [-0.1, -0.05) is 0 Å². The maximum atomic E-state index is 11.9. The number of hydrogen-bond acceptors (Lipinski definition) is 6. The predicted octanol–water partition coefficient (Wildman–Crippen LogP) is 1.49. The molecule has 0 amide bonds. The molecule has 0 saturated carbocycles. The Bertz CT molecular complexity index is 387. The molecular formula is C9H13F3N4O2. The van der Waals surface area contributed by atoms with Crippen molar-refractivity contribution >= 4 is 5.82 Å². The van der Waals surface area contributed by atoms with Crippen molar-refractivity contribution in [2.24, 2.45) is 5.84 Å². The number of aromatic nitrogens is 2. The molecule has 0 aromatic carbocycles. The predicted molar refractivity (Wildman–Crippen MR) is 57.2 cm³/mol. The van der Waals surface area contributed by atoms with Crippen LogP contribution in [0.15, 0.2) is 6.33 Å². The van der Waals surface area contributed by atoms with Crippen LogP contribution in [-0.2, 0) is 0 Å². The highest BCUT2D eigenvalue weighted by Gasteiger charge is 2.26. The van der Waals surface area contributed by atoms with Crippen LogP contribution in [0.5, 0.6) is 11.6 Å². The van der Waals surface area contributed by atoms with Crippen LogP contribution in [0.2, 0.25) is 0 Å². The second-order valence-corrected chi connectivity index (χ2v) is 3.27. The lowest BCUT2D eigenvalue weighted by atomic mass is 10.3. The first kappa shape index (κ1) is 14.3. The number of nitrogens with two attached hydrogens (primary N) is 1. The molecule has 0 aliphatic heterocycles. The molecule has 6 nitrogen and oxygen atoms in total. The summed E-state index contributed by atoms with van der Waals surface area (Å²) >= 11 is 0. The molecule has 3 N–H and O–H groups in total. The second-order valence-electron chi connectivity index (χ2n) is 3.27. The van der Waals surface area contributed by atoms with Gasteiger partial charge in [-0.05, 0) is 6.42 Å². The Kier molecular flexibility index (Phi) is 4.95. The highest BCUT2D eigenvalue weighted by atomic mass is 19.4. The van der Waals surface area contributed by atoms with Crippen molar-refractivity contribution < 1.29 is 22.6 Å². The molecule has 0 aliphatic carbocycles. The molecule has 1 aromatic heterocycles. The summed E-state index contributed by atoms with van der Waals surface area (Å²) in [6.45, 7) is -0.128. The minimum Gasteiger partial charge on any atom is -0.489 e. The van der Waals surface area contributed by atoms with Gasteiger partial charge in [-0.2, -0.15) is 18.2 Å². The first-order chi connectivity index (χ1) is 8.48. The molecule has 0 atom stereocenters. The van der Waals surface area contributed by atoms with Crippen LogP contribution in [-0.4, -0.2) is 29.9 Å². The van der Waals surface area contributed by atoms with Crippen molar-refractivity contribution in [2.45, 2.75) is 19.0 Å². The van der Waals surface area contributed by atoms with Gasteiger partial charge >= 0.3 is 6.18 Å². The van der Waals surface area contributed by atoms with Crippen molar-refractivity contribution in [2.75, 3.05) is 19.1 Å². The van der Waals surface area contributed by atoms with Crippen LogP contribution >= 0.6 is 0 Å². The number of alkyl halides is 3. The molecule has 1 rings (SSSR count). The van der Waals surface area contributed by atoms with E-state index in [1.54, 1.807) is 0 Å². The van der Waals surface area contributed by atoms with Crippen LogP contribution in [0.4, 0.5) is 19.0 Å². The van der Waals surface area contributed by atoms with E-state index in [2.05, 4.69) is 15.4 Å². The van der Waals surface area contributed by atoms with E-state index >= 15 is 0 Å². The van der Waals surface area contributed by atoms with E-state index in [0.717, 1.165) is 6.33 Å². The average Bonchev–Trinajstić information content (AvgIpc) is 2.32. The number of rotatable bonds is 6. The number of nitrogen functional groups attached to an aromatic ring is 1. The van der Waals surface area contributed by atoms with Gasteiger partial charge in [-0.15, -0.1) is 0 Å². The molecule has 0 bridgehead atoms. The summed E-state index contributed by atoms with van der Waals surface area (Å²) in [5, 5.41) is 0. The SMILES string of the molecule is COc1c(NN)ncnc1OCCCC(F)(F)F. The van der Waals surface area contributed by atoms with Gasteiger partial charge in [-0.3, -0.25) is 0 Å². The zero-order valence-corrected chi connectivity index (χ0v) is 9.62. The molecule has 9 heteroatoms. The van der Waals surface area contributed by atoms with Gasteiger partial charge in [0.05, 0.1) is 13.7 Å². The quantitative estimate of drug-likeness (QED) is 0.461. The number of nitrogens with one attached hydrogen (secondary N) is 1. The minimum absolute atomic E-state index is 0.0441. The maximum Gasteiger partial charge on any atom is 0.389 e. The molecule has 102 valence electrons. The van der Waals surface area contributed by atoms with Gasteiger partial charge in [0.25, 0.3) is 5.88 Å². The summed E-state index contributed by atoms with van der Waals surface area (Å²) in [4.78, 5) is 7.52. The number of halogens is 3. The Labute approximate surface area is 101 Å². The molecule has 0 aliphatic rings. The Morgan fingerprint density at radius 3 is 2.67 bits per heavy atom. The van der Waals surface area contributed by atoms with Crippen molar-refractivity contribution in [3.63, 3.8) is 0 Å². The molecule has 0 fully saturated rings. The Morgan fingerprint density at radius 2 is 2.11 bits per heavy atom. The van der Waals surface area contributed by atoms with E-state index < -0.39 is 12.6 Å². The second kappa shape index (κ2) is 6.24. The summed E-state index contributed by atoms with van der Waals surface area (Å²) in [7, 11) is 1.35. The largest absolute Gasteiger partial charge is 0.489 e. The molecule has 0 saturated heterocycles. The molecule has 0 radical (unpaired) electrons. The third kappa shape index (κ3) is 4.24. The number of anilines is 1. The van der Waals surface area contributed by atoms with E-state index in [0.29, 0.717) is 0 Å². The van der Waals surface area contributed by atoms with Crippen LogP contribution in [0.1, 0.15) is 12.8 Å². The maximum absolute atomic E-state index is 11.9. The van der Waals surface area contributed by atoms with Crippen LogP contribution in [0.3, 0.4) is 0 Å². The smallest absolute Gasteiger partial charge is 0.389 e. The number of nitrogens with zero attached hydrogens (tertiary/aromatic N) is 2. The fourth-order valence-electron chi connectivity index (χ4n) is 1.19. The molecular weight excluding hydrogens is 253 g/mol. The van der Waals surface area contributed by atoms with Gasteiger partial charge in [0.1, 0.15) is 6.33 Å². The average molecular weight is 266 g/mol. The topological polar surface area (TPSA) is 82.3 Å². The van der Waals surface area contributed by atoms with Crippen LogP contribution in [0, 0.1) is 0 Å². The molecule has 0 unspecified atom stereocenters. The standard InChI is InChI=1S/C9H13F3N4O2/c1-17-6-7(16-13)14-5-15-8(6)18-4-2-3-9(10,11)12/h5H,2-4,13H2,1H3,(H,14,15,16). The number of methoxy groups -OCH3 is 1. The van der Waals surface area contributed by atoms with Crippen LogP contribution < -0.4 is 20.7 Å². The Balaban J connectivity index is 2.57.